The average molecular weight is 483 g/mol. The first-order valence-electron chi connectivity index (χ1n) is 9.96. The maximum atomic E-state index is 4.38. The molecule has 1 aliphatic rings. The summed E-state index contributed by atoms with van der Waals surface area (Å²) in [7, 11) is 1.85. The van der Waals surface area contributed by atoms with E-state index in [0.717, 1.165) is 25.5 Å². The van der Waals surface area contributed by atoms with Crippen molar-refractivity contribution in [2.45, 2.75) is 45.6 Å². The number of hydrogen-bond acceptors (Lipinski definition) is 2. The molecule has 1 aromatic heterocycles. The number of aromatic amines is 1. The number of likely N-dealkylation sites (tertiary alicyclic amines) is 1. The van der Waals surface area contributed by atoms with Crippen LogP contribution in [-0.4, -0.2) is 55.1 Å². The summed E-state index contributed by atoms with van der Waals surface area (Å²) in [5, 5.41) is 8.29. The second-order valence-corrected chi connectivity index (χ2v) is 7.30. The third kappa shape index (κ3) is 5.85. The highest BCUT2D eigenvalue weighted by molar-refractivity contribution is 14.0. The van der Waals surface area contributed by atoms with Crippen LogP contribution in [0.1, 0.15) is 37.3 Å². The minimum Gasteiger partial charge on any atom is -0.361 e. The second-order valence-electron chi connectivity index (χ2n) is 7.30. The number of hydrogen-bond donors (Lipinski definition) is 3. The molecule has 1 fully saturated rings. The van der Waals surface area contributed by atoms with E-state index in [9.17, 15) is 0 Å². The predicted molar refractivity (Wildman–Crippen MR) is 126 cm³/mol. The Kier molecular flexibility index (Phi) is 8.89. The number of aromatic nitrogens is 1. The van der Waals surface area contributed by atoms with E-state index in [1.165, 1.54) is 54.4 Å². The Bertz CT molecular complexity index is 733. The smallest absolute Gasteiger partial charge is 0.191 e. The van der Waals surface area contributed by atoms with Crippen molar-refractivity contribution < 1.29 is 0 Å². The molecule has 0 amide bonds. The molecular formula is C21H34IN5. The Morgan fingerprint density at radius 3 is 2.74 bits per heavy atom. The van der Waals surface area contributed by atoms with E-state index in [-0.39, 0.29) is 24.0 Å². The van der Waals surface area contributed by atoms with Gasteiger partial charge in [0, 0.05) is 43.3 Å². The van der Waals surface area contributed by atoms with Gasteiger partial charge in [-0.15, -0.1) is 24.0 Å². The third-order valence-corrected chi connectivity index (χ3v) is 5.47. The Balaban J connectivity index is 0.00000261. The molecule has 5 nitrogen and oxygen atoms in total. The summed E-state index contributed by atoms with van der Waals surface area (Å²) in [5.74, 6) is 0.901. The van der Waals surface area contributed by atoms with Crippen molar-refractivity contribution in [3.63, 3.8) is 0 Å². The van der Waals surface area contributed by atoms with E-state index >= 15 is 0 Å². The lowest BCUT2D eigenvalue weighted by atomic mass is 10.1. The fourth-order valence-electron chi connectivity index (χ4n) is 3.90. The van der Waals surface area contributed by atoms with Crippen LogP contribution in [-0.2, 0) is 6.42 Å². The number of rotatable bonds is 7. The van der Waals surface area contributed by atoms with E-state index in [1.54, 1.807) is 0 Å². The highest BCUT2D eigenvalue weighted by atomic mass is 127. The molecule has 0 saturated carbocycles. The van der Waals surface area contributed by atoms with Gasteiger partial charge < -0.3 is 15.6 Å². The summed E-state index contributed by atoms with van der Waals surface area (Å²) in [6.07, 6.45) is 6.97. The van der Waals surface area contributed by atoms with Gasteiger partial charge in [0.25, 0.3) is 0 Å². The third-order valence-electron chi connectivity index (χ3n) is 5.47. The summed E-state index contributed by atoms with van der Waals surface area (Å²) < 4.78 is 0. The molecule has 1 unspecified atom stereocenters. The van der Waals surface area contributed by atoms with Gasteiger partial charge in [0.05, 0.1) is 0 Å². The number of nitrogens with zero attached hydrogens (tertiary/aromatic N) is 2. The molecule has 1 atom stereocenters. The standard InChI is InChI=1S/C21H33N5.HI/c1-4-18(26-11-5-6-12-26)15-25-21(22-3)23-10-9-17-14-24-20-13-16(2)7-8-19(17)20;/h7-8,13-14,18,24H,4-6,9-12,15H2,1-3H3,(H2,22,23,25);1H. The highest BCUT2D eigenvalue weighted by Gasteiger charge is 2.20. The minimum absolute atomic E-state index is 0. The molecule has 2 heterocycles. The molecule has 2 aromatic rings. The van der Waals surface area contributed by atoms with Crippen molar-refractivity contribution in [3.05, 3.63) is 35.5 Å². The fraction of sp³-hybridized carbons (Fsp3) is 0.571. The number of guanidine groups is 1. The van der Waals surface area contributed by atoms with Crippen molar-refractivity contribution in [2.75, 3.05) is 33.2 Å². The Morgan fingerprint density at radius 2 is 2.04 bits per heavy atom. The zero-order chi connectivity index (χ0) is 18.4. The van der Waals surface area contributed by atoms with Crippen molar-refractivity contribution in [1.29, 1.82) is 0 Å². The lowest BCUT2D eigenvalue weighted by Gasteiger charge is -2.27. The highest BCUT2D eigenvalue weighted by Crippen LogP contribution is 2.19. The van der Waals surface area contributed by atoms with Crippen LogP contribution in [0.4, 0.5) is 0 Å². The number of aryl methyl sites for hydroxylation is 1. The summed E-state index contributed by atoms with van der Waals surface area (Å²) in [5.41, 5.74) is 3.86. The van der Waals surface area contributed by atoms with Gasteiger partial charge in [-0.05, 0) is 62.9 Å². The summed E-state index contributed by atoms with van der Waals surface area (Å²) in [6, 6.07) is 7.20. The molecule has 1 aliphatic heterocycles. The monoisotopic (exact) mass is 483 g/mol. The maximum Gasteiger partial charge on any atom is 0.191 e. The van der Waals surface area contributed by atoms with E-state index < -0.39 is 0 Å². The maximum absolute atomic E-state index is 4.38. The Labute approximate surface area is 180 Å². The lowest BCUT2D eigenvalue weighted by Crippen LogP contribution is -2.46. The van der Waals surface area contributed by atoms with Gasteiger partial charge in [0.1, 0.15) is 0 Å². The van der Waals surface area contributed by atoms with Crippen LogP contribution >= 0.6 is 24.0 Å². The van der Waals surface area contributed by atoms with Gasteiger partial charge >= 0.3 is 0 Å². The van der Waals surface area contributed by atoms with Crippen LogP contribution in [0.5, 0.6) is 0 Å². The number of H-pyrrole nitrogens is 1. The molecule has 1 saturated heterocycles. The largest absolute Gasteiger partial charge is 0.361 e. The zero-order valence-corrected chi connectivity index (χ0v) is 19.2. The fourth-order valence-corrected chi connectivity index (χ4v) is 3.90. The van der Waals surface area contributed by atoms with Crippen LogP contribution in [0, 0.1) is 6.92 Å². The molecule has 3 N–H and O–H groups in total. The van der Waals surface area contributed by atoms with Crippen LogP contribution in [0.25, 0.3) is 10.9 Å². The molecule has 1 aromatic carbocycles. The average Bonchev–Trinajstić information content (AvgIpc) is 3.31. The van der Waals surface area contributed by atoms with Crippen molar-refractivity contribution in [2.24, 2.45) is 4.99 Å². The van der Waals surface area contributed by atoms with Gasteiger partial charge in [-0.3, -0.25) is 9.89 Å². The minimum atomic E-state index is 0. The predicted octanol–water partition coefficient (Wildman–Crippen LogP) is 3.68. The van der Waals surface area contributed by atoms with Crippen LogP contribution in [0.3, 0.4) is 0 Å². The molecule has 0 radical (unpaired) electrons. The van der Waals surface area contributed by atoms with Crippen molar-refractivity contribution in [1.82, 2.24) is 20.5 Å². The van der Waals surface area contributed by atoms with E-state index in [4.69, 9.17) is 0 Å². The normalized spacial score (nSPS) is 16.3. The van der Waals surface area contributed by atoms with Gasteiger partial charge in [0.2, 0.25) is 0 Å². The molecule has 0 bridgehead atoms. The molecule has 27 heavy (non-hydrogen) atoms. The SMILES string of the molecule is CCC(CNC(=NC)NCCc1c[nH]c2cc(C)ccc12)N1CCCC1.I. The number of aliphatic imine (C=N–C) groups is 1. The van der Waals surface area contributed by atoms with E-state index in [1.807, 2.05) is 7.05 Å². The first-order valence-corrected chi connectivity index (χ1v) is 9.96. The first-order chi connectivity index (χ1) is 12.7. The topological polar surface area (TPSA) is 55.5 Å². The lowest BCUT2D eigenvalue weighted by molar-refractivity contribution is 0.236. The van der Waals surface area contributed by atoms with E-state index in [2.05, 4.69) is 63.8 Å². The van der Waals surface area contributed by atoms with E-state index in [0.29, 0.717) is 6.04 Å². The number of benzene rings is 1. The summed E-state index contributed by atoms with van der Waals surface area (Å²) >= 11 is 0. The zero-order valence-electron chi connectivity index (χ0n) is 16.8. The number of fused-ring (bicyclic) bond motifs is 1. The first kappa shape index (κ1) is 22.0. The summed E-state index contributed by atoms with van der Waals surface area (Å²) in [4.78, 5) is 10.4. The quantitative estimate of drug-likeness (QED) is 0.320. The van der Waals surface area contributed by atoms with Crippen LogP contribution in [0.2, 0.25) is 0 Å². The molecular weight excluding hydrogens is 449 g/mol. The molecule has 3 rings (SSSR count). The van der Waals surface area contributed by atoms with Crippen molar-refractivity contribution >= 4 is 40.8 Å². The number of nitrogens with one attached hydrogen (secondary N) is 3. The van der Waals surface area contributed by atoms with Gasteiger partial charge in [0.15, 0.2) is 5.96 Å². The van der Waals surface area contributed by atoms with Gasteiger partial charge in [-0.1, -0.05) is 19.1 Å². The van der Waals surface area contributed by atoms with Gasteiger partial charge in [-0.2, -0.15) is 0 Å². The number of halogens is 1. The van der Waals surface area contributed by atoms with Gasteiger partial charge in [-0.25, -0.2) is 0 Å². The molecule has 0 aliphatic carbocycles. The molecule has 0 spiro atoms. The van der Waals surface area contributed by atoms with Crippen molar-refractivity contribution in [3.8, 4) is 0 Å². The molecule has 150 valence electrons. The summed E-state index contributed by atoms with van der Waals surface area (Å²) in [6.45, 7) is 8.73. The Morgan fingerprint density at radius 1 is 1.26 bits per heavy atom. The van der Waals surface area contributed by atoms with Crippen LogP contribution in [0.15, 0.2) is 29.4 Å². The Hall–Kier alpha value is -1.28. The molecule has 6 heteroatoms. The second kappa shape index (κ2) is 10.9. The van der Waals surface area contributed by atoms with Crippen LogP contribution < -0.4 is 10.6 Å².